The minimum Gasteiger partial charge on any atom is -0.375 e. The Morgan fingerprint density at radius 2 is 2.21 bits per heavy atom. The number of rotatable bonds is 6. The van der Waals surface area contributed by atoms with Crippen LogP contribution in [0, 0.1) is 5.82 Å². The second-order valence-electron chi connectivity index (χ2n) is 6.72. The number of hydrogen-bond acceptors (Lipinski definition) is 4. The van der Waals surface area contributed by atoms with Gasteiger partial charge in [0.05, 0.1) is 25.9 Å². The number of aryl methyl sites for hydroxylation is 1. The number of halogens is 1. The fraction of sp³-hybridized carbons (Fsp3) is 0.500. The van der Waals surface area contributed by atoms with Gasteiger partial charge in [0.25, 0.3) is 0 Å². The molecule has 1 fully saturated rings. The van der Waals surface area contributed by atoms with E-state index in [0.717, 1.165) is 30.2 Å². The number of nitrogens with one attached hydrogen (secondary N) is 1. The van der Waals surface area contributed by atoms with Crippen LogP contribution in [0.25, 0.3) is 0 Å². The average Bonchev–Trinajstić information content (AvgIpc) is 3.15. The zero-order chi connectivity index (χ0) is 19.9. The van der Waals surface area contributed by atoms with Crippen molar-refractivity contribution < 1.29 is 13.9 Å². The maximum atomic E-state index is 13.2. The Labute approximate surface area is 165 Å². The molecule has 0 saturated carbocycles. The maximum Gasteiger partial charge on any atom is 0.194 e. The summed E-state index contributed by atoms with van der Waals surface area (Å²) >= 11 is 0. The largest absolute Gasteiger partial charge is 0.375 e. The van der Waals surface area contributed by atoms with E-state index in [4.69, 9.17) is 14.5 Å². The molecule has 0 amide bonds. The van der Waals surface area contributed by atoms with Gasteiger partial charge in [-0.3, -0.25) is 9.67 Å². The van der Waals surface area contributed by atoms with Crippen molar-refractivity contribution in [2.24, 2.45) is 12.0 Å². The average molecular weight is 389 g/mol. The lowest BCUT2D eigenvalue weighted by Gasteiger charge is -2.35. The molecule has 2 unspecified atom stereocenters. The Balaban J connectivity index is 1.71. The zero-order valence-corrected chi connectivity index (χ0v) is 16.6. The highest BCUT2D eigenvalue weighted by Gasteiger charge is 2.25. The van der Waals surface area contributed by atoms with Crippen LogP contribution in [0.1, 0.15) is 30.3 Å². The lowest BCUT2D eigenvalue weighted by atomic mass is 10.1. The minimum absolute atomic E-state index is 0.0402. The van der Waals surface area contributed by atoms with E-state index in [0.29, 0.717) is 19.7 Å². The molecule has 3 rings (SSSR count). The van der Waals surface area contributed by atoms with E-state index in [2.05, 4.69) is 15.3 Å². The highest BCUT2D eigenvalue weighted by atomic mass is 19.1. The van der Waals surface area contributed by atoms with Gasteiger partial charge in [0.2, 0.25) is 0 Å². The number of aromatic nitrogens is 2. The van der Waals surface area contributed by atoms with E-state index in [-0.39, 0.29) is 18.0 Å². The number of hydrogen-bond donors (Lipinski definition) is 1. The van der Waals surface area contributed by atoms with Crippen molar-refractivity contribution >= 4 is 5.96 Å². The number of nitrogens with zero attached hydrogens (tertiary/aromatic N) is 4. The molecule has 8 heteroatoms. The van der Waals surface area contributed by atoms with E-state index in [1.807, 2.05) is 26.4 Å². The predicted octanol–water partition coefficient (Wildman–Crippen LogP) is 2.29. The van der Waals surface area contributed by atoms with Crippen molar-refractivity contribution in [3.05, 3.63) is 53.6 Å². The summed E-state index contributed by atoms with van der Waals surface area (Å²) in [5.41, 5.74) is 1.96. The smallest absolute Gasteiger partial charge is 0.194 e. The lowest BCUT2D eigenvalue weighted by Crippen LogP contribution is -2.48. The van der Waals surface area contributed by atoms with Gasteiger partial charge in [-0.25, -0.2) is 4.39 Å². The summed E-state index contributed by atoms with van der Waals surface area (Å²) in [6, 6.07) is 6.35. The predicted molar refractivity (Wildman–Crippen MR) is 106 cm³/mol. The Kier molecular flexibility index (Phi) is 7.00. The van der Waals surface area contributed by atoms with Gasteiger partial charge in [-0.1, -0.05) is 12.1 Å². The number of morpholine rings is 1. The molecular weight excluding hydrogens is 361 g/mol. The summed E-state index contributed by atoms with van der Waals surface area (Å²) in [5, 5.41) is 7.59. The summed E-state index contributed by atoms with van der Waals surface area (Å²) in [6.45, 7) is 5.34. The molecule has 2 heterocycles. The molecule has 2 aromatic rings. The molecule has 1 saturated heterocycles. The van der Waals surface area contributed by atoms with E-state index >= 15 is 0 Å². The molecule has 1 aliphatic heterocycles. The number of aliphatic imine (C=N–C) groups is 1. The van der Waals surface area contributed by atoms with Crippen molar-refractivity contribution in [3.63, 3.8) is 0 Å². The highest BCUT2D eigenvalue weighted by molar-refractivity contribution is 5.80. The topological polar surface area (TPSA) is 63.9 Å². The molecule has 7 nitrogen and oxygen atoms in total. The summed E-state index contributed by atoms with van der Waals surface area (Å²) < 4.78 is 26.5. The van der Waals surface area contributed by atoms with E-state index in [1.165, 1.54) is 12.1 Å². The Morgan fingerprint density at radius 1 is 1.43 bits per heavy atom. The second kappa shape index (κ2) is 9.66. The maximum absolute atomic E-state index is 13.2. The number of guanidine groups is 1. The summed E-state index contributed by atoms with van der Waals surface area (Å²) in [5.74, 6) is 0.564. The molecule has 28 heavy (non-hydrogen) atoms. The molecule has 0 aliphatic carbocycles. The first kappa shape index (κ1) is 20.3. The van der Waals surface area contributed by atoms with Gasteiger partial charge >= 0.3 is 0 Å². The number of benzene rings is 1. The van der Waals surface area contributed by atoms with Crippen LogP contribution in [0.15, 0.2) is 41.7 Å². The third-order valence-electron chi connectivity index (χ3n) is 4.73. The van der Waals surface area contributed by atoms with E-state index in [9.17, 15) is 4.39 Å². The molecule has 0 spiro atoms. The first-order valence-corrected chi connectivity index (χ1v) is 9.52. The molecule has 1 N–H and O–H groups in total. The van der Waals surface area contributed by atoms with Gasteiger partial charge in [-0.05, 0) is 24.6 Å². The lowest BCUT2D eigenvalue weighted by molar-refractivity contribution is -0.00815. The quantitative estimate of drug-likeness (QED) is 0.607. The van der Waals surface area contributed by atoms with Crippen molar-refractivity contribution in [2.45, 2.75) is 19.1 Å². The van der Waals surface area contributed by atoms with Crippen LogP contribution in [-0.2, 0) is 16.5 Å². The van der Waals surface area contributed by atoms with Gasteiger partial charge in [0, 0.05) is 39.0 Å². The minimum atomic E-state index is -0.259. The SMILES string of the molecule is CCNC(=NCC(OC)c1ccc(F)cc1)N1CCOC(c2cnn(C)c2)C1. The van der Waals surface area contributed by atoms with Crippen LogP contribution < -0.4 is 5.32 Å². The Hall–Kier alpha value is -2.45. The van der Waals surface area contributed by atoms with Crippen LogP contribution in [0.4, 0.5) is 4.39 Å². The van der Waals surface area contributed by atoms with Crippen LogP contribution in [0.5, 0.6) is 0 Å². The van der Waals surface area contributed by atoms with Crippen molar-refractivity contribution in [2.75, 3.05) is 39.9 Å². The third-order valence-corrected chi connectivity index (χ3v) is 4.73. The summed E-state index contributed by atoms with van der Waals surface area (Å²) in [7, 11) is 3.54. The van der Waals surface area contributed by atoms with E-state index in [1.54, 1.807) is 23.9 Å². The molecule has 0 bridgehead atoms. The van der Waals surface area contributed by atoms with Crippen molar-refractivity contribution in [3.8, 4) is 0 Å². The van der Waals surface area contributed by atoms with Crippen LogP contribution >= 0.6 is 0 Å². The summed E-state index contributed by atoms with van der Waals surface area (Å²) in [6.07, 6.45) is 3.55. The van der Waals surface area contributed by atoms with E-state index < -0.39 is 0 Å². The first-order chi connectivity index (χ1) is 13.6. The molecule has 0 radical (unpaired) electrons. The molecule has 1 aromatic carbocycles. The number of methoxy groups -OCH3 is 1. The fourth-order valence-corrected chi connectivity index (χ4v) is 3.24. The van der Waals surface area contributed by atoms with Crippen LogP contribution in [-0.4, -0.2) is 60.5 Å². The number of ether oxygens (including phenoxy) is 2. The normalized spacial score (nSPS) is 18.9. The molecule has 1 aromatic heterocycles. The van der Waals surface area contributed by atoms with Crippen molar-refractivity contribution in [1.29, 1.82) is 0 Å². The molecule has 152 valence electrons. The van der Waals surface area contributed by atoms with Gasteiger partial charge in [-0.15, -0.1) is 0 Å². The summed E-state index contributed by atoms with van der Waals surface area (Å²) in [4.78, 5) is 6.97. The fourth-order valence-electron chi connectivity index (χ4n) is 3.24. The highest BCUT2D eigenvalue weighted by Crippen LogP contribution is 2.22. The van der Waals surface area contributed by atoms with Crippen molar-refractivity contribution in [1.82, 2.24) is 20.0 Å². The Morgan fingerprint density at radius 3 is 2.86 bits per heavy atom. The molecule has 1 aliphatic rings. The second-order valence-corrected chi connectivity index (χ2v) is 6.72. The van der Waals surface area contributed by atoms with Gasteiger partial charge in [-0.2, -0.15) is 5.10 Å². The van der Waals surface area contributed by atoms with Gasteiger partial charge in [0.15, 0.2) is 5.96 Å². The van der Waals surface area contributed by atoms with Crippen LogP contribution in [0.3, 0.4) is 0 Å². The third kappa shape index (κ3) is 5.08. The standard InChI is InChI=1S/C20H28FN5O2/c1-4-22-20(23-12-18(27-3)15-5-7-17(21)8-6-15)26-9-10-28-19(14-26)16-11-24-25(2)13-16/h5-8,11,13,18-19H,4,9-10,12,14H2,1-3H3,(H,22,23). The Bertz CT molecular complexity index is 777. The van der Waals surface area contributed by atoms with Gasteiger partial charge < -0.3 is 19.7 Å². The molecule has 2 atom stereocenters. The monoisotopic (exact) mass is 389 g/mol. The first-order valence-electron chi connectivity index (χ1n) is 9.52. The van der Waals surface area contributed by atoms with Gasteiger partial charge in [0.1, 0.15) is 18.0 Å². The zero-order valence-electron chi connectivity index (χ0n) is 16.6. The van der Waals surface area contributed by atoms with Crippen LogP contribution in [0.2, 0.25) is 0 Å². The molecular formula is C20H28FN5O2.